The number of benzene rings is 1. The van der Waals surface area contributed by atoms with Crippen molar-refractivity contribution in [1.82, 2.24) is 9.78 Å². The van der Waals surface area contributed by atoms with Crippen molar-refractivity contribution in [3.8, 4) is 5.75 Å². The van der Waals surface area contributed by atoms with Gasteiger partial charge in [0.25, 0.3) is 5.91 Å². The quantitative estimate of drug-likeness (QED) is 0.637. The number of aromatic nitrogens is 2. The number of rotatable bonds is 8. The maximum absolute atomic E-state index is 12.5. The second-order valence-corrected chi connectivity index (χ2v) is 6.88. The molecule has 0 aliphatic carbocycles. The lowest BCUT2D eigenvalue weighted by Crippen LogP contribution is -2.21. The van der Waals surface area contributed by atoms with Crippen LogP contribution >= 0.6 is 0 Å². The highest BCUT2D eigenvalue weighted by molar-refractivity contribution is 5.80. The van der Waals surface area contributed by atoms with E-state index in [0.29, 0.717) is 0 Å². The van der Waals surface area contributed by atoms with E-state index in [1.807, 2.05) is 39.8 Å². The first-order valence-electron chi connectivity index (χ1n) is 9.21. The van der Waals surface area contributed by atoms with Crippen molar-refractivity contribution >= 4 is 5.91 Å². The summed E-state index contributed by atoms with van der Waals surface area (Å²) in [5.74, 6) is 0.603. The molecule has 0 fully saturated rings. The molecule has 0 aliphatic rings. The number of aryl methyl sites for hydroxylation is 3. The third-order valence-corrected chi connectivity index (χ3v) is 4.52. The Kier molecular flexibility index (Phi) is 6.80. The van der Waals surface area contributed by atoms with E-state index in [1.165, 1.54) is 29.5 Å². The van der Waals surface area contributed by atoms with Gasteiger partial charge in [0.05, 0.1) is 5.69 Å². The van der Waals surface area contributed by atoms with Crippen molar-refractivity contribution in [2.75, 3.05) is 6.61 Å². The number of unbranched alkanes of at least 4 members (excludes halogenated alkanes) is 3. The van der Waals surface area contributed by atoms with E-state index < -0.39 is 0 Å². The molecular formula is C21H30N2O2. The van der Waals surface area contributed by atoms with Gasteiger partial charge in [-0.25, -0.2) is 4.68 Å². The van der Waals surface area contributed by atoms with Crippen molar-refractivity contribution < 1.29 is 9.53 Å². The molecule has 0 amide bonds. The topological polar surface area (TPSA) is 44.1 Å². The average molecular weight is 342 g/mol. The van der Waals surface area contributed by atoms with E-state index in [2.05, 4.69) is 18.1 Å². The zero-order valence-corrected chi connectivity index (χ0v) is 16.2. The lowest BCUT2D eigenvalue weighted by molar-refractivity contribution is 0.0818. The Bertz CT molecular complexity index is 711. The minimum absolute atomic E-state index is 0.000127. The number of nitrogens with zero attached hydrogens (tertiary/aromatic N) is 2. The Labute approximate surface area is 151 Å². The van der Waals surface area contributed by atoms with Crippen LogP contribution in [-0.4, -0.2) is 22.3 Å². The van der Waals surface area contributed by atoms with E-state index in [1.54, 1.807) is 0 Å². The fraction of sp³-hybridized carbons (Fsp3) is 0.524. The van der Waals surface area contributed by atoms with Crippen LogP contribution in [-0.2, 0) is 6.42 Å². The number of hydrogen-bond acceptors (Lipinski definition) is 3. The van der Waals surface area contributed by atoms with Crippen LogP contribution in [0.1, 0.15) is 65.5 Å². The summed E-state index contributed by atoms with van der Waals surface area (Å²) in [6, 6.07) is 5.97. The summed E-state index contributed by atoms with van der Waals surface area (Å²) in [4.78, 5) is 12.5. The summed E-state index contributed by atoms with van der Waals surface area (Å²) >= 11 is 0. The third-order valence-electron chi connectivity index (χ3n) is 4.52. The third kappa shape index (κ3) is 5.18. The van der Waals surface area contributed by atoms with Gasteiger partial charge in [0.15, 0.2) is 6.61 Å². The van der Waals surface area contributed by atoms with Gasteiger partial charge in [-0.1, -0.05) is 32.3 Å². The van der Waals surface area contributed by atoms with Crippen LogP contribution in [0.15, 0.2) is 18.2 Å². The Hall–Kier alpha value is -2.10. The van der Waals surface area contributed by atoms with Gasteiger partial charge in [-0.05, 0) is 69.4 Å². The van der Waals surface area contributed by atoms with Gasteiger partial charge in [0, 0.05) is 5.69 Å². The van der Waals surface area contributed by atoms with Crippen molar-refractivity contribution in [3.05, 3.63) is 46.3 Å². The van der Waals surface area contributed by atoms with Gasteiger partial charge in [-0.15, -0.1) is 0 Å². The van der Waals surface area contributed by atoms with Crippen LogP contribution < -0.4 is 4.74 Å². The number of ether oxygens (including phenoxy) is 1. The molecule has 25 heavy (non-hydrogen) atoms. The van der Waals surface area contributed by atoms with E-state index in [-0.39, 0.29) is 12.5 Å². The van der Waals surface area contributed by atoms with Crippen LogP contribution in [0.25, 0.3) is 0 Å². The summed E-state index contributed by atoms with van der Waals surface area (Å²) in [6.07, 6.45) is 5.85. The monoisotopic (exact) mass is 342 g/mol. The number of carbonyl (C=O) groups excluding carboxylic acids is 1. The zero-order chi connectivity index (χ0) is 18.4. The van der Waals surface area contributed by atoms with E-state index in [0.717, 1.165) is 41.1 Å². The molecule has 1 aromatic carbocycles. The summed E-state index contributed by atoms with van der Waals surface area (Å²) in [6.45, 7) is 10.2. The molecule has 0 unspecified atom stereocenters. The van der Waals surface area contributed by atoms with Gasteiger partial charge < -0.3 is 4.74 Å². The highest BCUT2D eigenvalue weighted by Crippen LogP contribution is 2.18. The molecule has 4 nitrogen and oxygen atoms in total. The molecule has 0 N–H and O–H groups in total. The molecule has 0 spiro atoms. The number of carbonyl (C=O) groups is 1. The standard InChI is InChI=1S/C21H30N2O2/c1-6-7-8-9-10-20-17(4)22-23(18(20)5)21(24)14-25-19-12-15(2)11-16(3)13-19/h11-13H,6-10,14H2,1-5H3. The van der Waals surface area contributed by atoms with Crippen LogP contribution in [0.4, 0.5) is 0 Å². The Morgan fingerprint density at radius 2 is 1.72 bits per heavy atom. The van der Waals surface area contributed by atoms with Crippen molar-refractivity contribution in [2.45, 2.75) is 66.7 Å². The van der Waals surface area contributed by atoms with Gasteiger partial charge in [-0.3, -0.25) is 4.79 Å². The fourth-order valence-electron chi connectivity index (χ4n) is 3.23. The minimum atomic E-state index is -0.125. The fourth-order valence-corrected chi connectivity index (χ4v) is 3.23. The lowest BCUT2D eigenvalue weighted by Gasteiger charge is -2.09. The lowest BCUT2D eigenvalue weighted by atomic mass is 10.0. The van der Waals surface area contributed by atoms with Crippen LogP contribution in [0.5, 0.6) is 5.75 Å². The molecule has 0 bridgehead atoms. The Morgan fingerprint density at radius 1 is 1.04 bits per heavy atom. The summed E-state index contributed by atoms with van der Waals surface area (Å²) in [5, 5.41) is 4.44. The predicted octanol–water partition coefficient (Wildman–Crippen LogP) is 4.96. The van der Waals surface area contributed by atoms with E-state index >= 15 is 0 Å². The molecule has 0 saturated heterocycles. The van der Waals surface area contributed by atoms with E-state index in [9.17, 15) is 4.79 Å². The largest absolute Gasteiger partial charge is 0.484 e. The average Bonchev–Trinajstić information content (AvgIpc) is 2.83. The highest BCUT2D eigenvalue weighted by Gasteiger charge is 2.16. The van der Waals surface area contributed by atoms with Crippen LogP contribution in [0, 0.1) is 27.7 Å². The van der Waals surface area contributed by atoms with Gasteiger partial charge in [0.2, 0.25) is 0 Å². The summed E-state index contributed by atoms with van der Waals surface area (Å²) in [5.41, 5.74) is 5.36. The molecular weight excluding hydrogens is 312 g/mol. The maximum Gasteiger partial charge on any atom is 0.284 e. The van der Waals surface area contributed by atoms with E-state index in [4.69, 9.17) is 4.74 Å². The molecule has 2 rings (SSSR count). The van der Waals surface area contributed by atoms with Crippen LogP contribution in [0.3, 0.4) is 0 Å². The molecule has 0 radical (unpaired) electrons. The van der Waals surface area contributed by atoms with Crippen LogP contribution in [0.2, 0.25) is 0 Å². The van der Waals surface area contributed by atoms with Crippen molar-refractivity contribution in [2.24, 2.45) is 0 Å². The molecule has 0 saturated carbocycles. The smallest absolute Gasteiger partial charge is 0.284 e. The Balaban J connectivity index is 2.01. The molecule has 1 heterocycles. The molecule has 4 heteroatoms. The maximum atomic E-state index is 12.5. The molecule has 0 aliphatic heterocycles. The first-order chi connectivity index (χ1) is 11.9. The second-order valence-electron chi connectivity index (χ2n) is 6.88. The van der Waals surface area contributed by atoms with Gasteiger partial charge >= 0.3 is 0 Å². The summed E-state index contributed by atoms with van der Waals surface area (Å²) < 4.78 is 7.20. The van der Waals surface area contributed by atoms with Gasteiger partial charge in [0.1, 0.15) is 5.75 Å². The minimum Gasteiger partial charge on any atom is -0.484 e. The van der Waals surface area contributed by atoms with Crippen molar-refractivity contribution in [1.29, 1.82) is 0 Å². The normalized spacial score (nSPS) is 10.9. The van der Waals surface area contributed by atoms with Gasteiger partial charge in [-0.2, -0.15) is 5.10 Å². The second kappa shape index (κ2) is 8.84. The highest BCUT2D eigenvalue weighted by atomic mass is 16.5. The first-order valence-corrected chi connectivity index (χ1v) is 9.21. The van der Waals surface area contributed by atoms with Crippen molar-refractivity contribution in [3.63, 3.8) is 0 Å². The zero-order valence-electron chi connectivity index (χ0n) is 16.2. The Morgan fingerprint density at radius 3 is 2.36 bits per heavy atom. The first kappa shape index (κ1) is 19.2. The SMILES string of the molecule is CCCCCCc1c(C)nn(C(=O)COc2cc(C)cc(C)c2)c1C. The number of hydrogen-bond donors (Lipinski definition) is 0. The molecule has 2 aromatic rings. The molecule has 0 atom stereocenters. The molecule has 136 valence electrons. The molecule has 1 aromatic heterocycles. The predicted molar refractivity (Wildman–Crippen MR) is 102 cm³/mol. The summed E-state index contributed by atoms with van der Waals surface area (Å²) in [7, 11) is 0.